The molecule has 0 aromatic heterocycles. The first-order chi connectivity index (χ1) is 5.81. The van der Waals surface area contributed by atoms with E-state index in [1.165, 1.54) is 0 Å². The van der Waals surface area contributed by atoms with Gasteiger partial charge in [0.15, 0.2) is 0 Å². The molecule has 0 heterocycles. The lowest BCUT2D eigenvalue weighted by molar-refractivity contribution is 0.112. The van der Waals surface area contributed by atoms with Crippen LogP contribution in [0.4, 0.5) is 0 Å². The van der Waals surface area contributed by atoms with E-state index in [1.54, 1.807) is 17.8 Å². The molecule has 0 fully saturated rings. The van der Waals surface area contributed by atoms with Gasteiger partial charge in [-0.15, -0.1) is 11.8 Å². The van der Waals surface area contributed by atoms with Crippen molar-refractivity contribution < 1.29 is 4.79 Å². The molecule has 0 amide bonds. The van der Waals surface area contributed by atoms with Crippen LogP contribution in [0.3, 0.4) is 0 Å². The van der Waals surface area contributed by atoms with Gasteiger partial charge in [0.05, 0.1) is 0 Å². The minimum atomic E-state index is 0.697. The second kappa shape index (κ2) is 4.12. The van der Waals surface area contributed by atoms with Gasteiger partial charge >= 0.3 is 0 Å². The largest absolute Gasteiger partial charge is 0.298 e. The Bertz CT molecular complexity index is 305. The summed E-state index contributed by atoms with van der Waals surface area (Å²) in [5, 5.41) is 0. The van der Waals surface area contributed by atoms with Gasteiger partial charge in [-0.05, 0) is 24.0 Å². The summed E-state index contributed by atoms with van der Waals surface area (Å²) >= 11 is 1.65. The number of benzene rings is 1. The Kier molecular flexibility index (Phi) is 3.11. The molecule has 12 heavy (non-hydrogen) atoms. The van der Waals surface area contributed by atoms with Crippen LogP contribution >= 0.6 is 11.8 Å². The summed E-state index contributed by atoms with van der Waals surface area (Å²) < 4.78 is 0. The third-order valence-corrected chi connectivity index (χ3v) is 2.42. The molecule has 0 N–H and O–H groups in total. The van der Waals surface area contributed by atoms with Crippen molar-refractivity contribution >= 4 is 24.1 Å². The number of rotatable bonds is 3. The fraction of sp³-hybridized carbons (Fsp3) is 0.100. The molecule has 2 heteroatoms. The van der Waals surface area contributed by atoms with Crippen LogP contribution in [0.15, 0.2) is 29.7 Å². The molecular formula is C10H10OS. The molecule has 1 rings (SSSR count). The third kappa shape index (κ3) is 1.77. The van der Waals surface area contributed by atoms with Crippen LogP contribution in [0, 0.1) is 0 Å². The van der Waals surface area contributed by atoms with Crippen molar-refractivity contribution in [2.24, 2.45) is 0 Å². The first kappa shape index (κ1) is 9.07. The second-order valence-corrected chi connectivity index (χ2v) is 3.17. The van der Waals surface area contributed by atoms with Crippen LogP contribution < -0.4 is 0 Å². The fourth-order valence-corrected chi connectivity index (χ4v) is 1.57. The highest BCUT2D eigenvalue weighted by molar-refractivity contribution is 7.98. The number of carbonyl (C=O) groups is 1. The zero-order valence-corrected chi connectivity index (χ0v) is 7.73. The molecule has 0 saturated carbocycles. The molecule has 0 radical (unpaired) electrons. The van der Waals surface area contributed by atoms with Crippen LogP contribution in [-0.4, -0.2) is 12.5 Å². The Hall–Kier alpha value is -1.02. The number of thioether (sulfide) groups is 1. The summed E-state index contributed by atoms with van der Waals surface area (Å²) in [5.74, 6) is 0. The smallest absolute Gasteiger partial charge is 0.150 e. The lowest BCUT2D eigenvalue weighted by Crippen LogP contribution is -1.83. The zero-order valence-electron chi connectivity index (χ0n) is 6.91. The quantitative estimate of drug-likeness (QED) is 0.523. The van der Waals surface area contributed by atoms with Crippen LogP contribution in [0.1, 0.15) is 15.9 Å². The molecule has 1 aromatic rings. The zero-order chi connectivity index (χ0) is 8.97. The fourth-order valence-electron chi connectivity index (χ4n) is 0.986. The Morgan fingerprint density at radius 2 is 2.25 bits per heavy atom. The first-order valence-corrected chi connectivity index (χ1v) is 4.80. The summed E-state index contributed by atoms with van der Waals surface area (Å²) in [5.41, 5.74) is 1.72. The highest BCUT2D eigenvalue weighted by atomic mass is 32.2. The molecule has 1 aromatic carbocycles. The monoisotopic (exact) mass is 178 g/mol. The number of hydrogen-bond donors (Lipinski definition) is 0. The van der Waals surface area contributed by atoms with E-state index < -0.39 is 0 Å². The van der Waals surface area contributed by atoms with Gasteiger partial charge in [-0.2, -0.15) is 0 Å². The molecule has 0 saturated heterocycles. The van der Waals surface area contributed by atoms with E-state index >= 15 is 0 Å². The Balaban J connectivity index is 3.18. The Morgan fingerprint density at radius 1 is 1.50 bits per heavy atom. The lowest BCUT2D eigenvalue weighted by Gasteiger charge is -2.02. The first-order valence-electron chi connectivity index (χ1n) is 3.57. The van der Waals surface area contributed by atoms with Crippen molar-refractivity contribution in [2.75, 3.05) is 6.26 Å². The van der Waals surface area contributed by atoms with Gasteiger partial charge < -0.3 is 0 Å². The van der Waals surface area contributed by atoms with Crippen molar-refractivity contribution in [3.8, 4) is 0 Å². The maximum Gasteiger partial charge on any atom is 0.150 e. The predicted molar refractivity (Wildman–Crippen MR) is 53.7 cm³/mol. The summed E-state index contributed by atoms with van der Waals surface area (Å²) in [4.78, 5) is 11.6. The molecule has 0 bridgehead atoms. The highest BCUT2D eigenvalue weighted by Crippen LogP contribution is 2.21. The van der Waals surface area contributed by atoms with Crippen LogP contribution in [0.25, 0.3) is 6.08 Å². The van der Waals surface area contributed by atoms with E-state index in [0.29, 0.717) is 5.56 Å². The SMILES string of the molecule is C=Cc1cc(C=O)ccc1SC. The summed E-state index contributed by atoms with van der Waals surface area (Å²) in [6.45, 7) is 3.69. The topological polar surface area (TPSA) is 17.1 Å². The molecule has 62 valence electrons. The third-order valence-electron chi connectivity index (χ3n) is 1.61. The van der Waals surface area contributed by atoms with E-state index in [4.69, 9.17) is 0 Å². The average Bonchev–Trinajstić information content (AvgIpc) is 2.16. The number of carbonyl (C=O) groups excluding carboxylic acids is 1. The maximum atomic E-state index is 10.4. The summed E-state index contributed by atoms with van der Waals surface area (Å²) in [6.07, 6.45) is 4.61. The van der Waals surface area contributed by atoms with Gasteiger partial charge in [-0.3, -0.25) is 4.79 Å². The van der Waals surface area contributed by atoms with Gasteiger partial charge in [0.25, 0.3) is 0 Å². The van der Waals surface area contributed by atoms with Crippen molar-refractivity contribution in [1.29, 1.82) is 0 Å². The number of aldehydes is 1. The molecule has 1 nitrogen and oxygen atoms in total. The Labute approximate surface area is 76.5 Å². The van der Waals surface area contributed by atoms with Crippen LogP contribution in [-0.2, 0) is 0 Å². The van der Waals surface area contributed by atoms with Gasteiger partial charge in [0.1, 0.15) is 6.29 Å². The average molecular weight is 178 g/mol. The van der Waals surface area contributed by atoms with Crippen molar-refractivity contribution in [2.45, 2.75) is 4.90 Å². The van der Waals surface area contributed by atoms with Crippen molar-refractivity contribution in [3.05, 3.63) is 35.9 Å². The van der Waals surface area contributed by atoms with Crippen LogP contribution in [0.2, 0.25) is 0 Å². The van der Waals surface area contributed by atoms with E-state index in [9.17, 15) is 4.79 Å². The second-order valence-electron chi connectivity index (χ2n) is 2.32. The molecule has 0 atom stereocenters. The molecule has 0 spiro atoms. The van der Waals surface area contributed by atoms with Gasteiger partial charge in [-0.25, -0.2) is 0 Å². The van der Waals surface area contributed by atoms with Gasteiger partial charge in [0, 0.05) is 10.5 Å². The molecule has 0 aliphatic heterocycles. The highest BCUT2D eigenvalue weighted by Gasteiger charge is 1.98. The molecule has 0 aliphatic carbocycles. The molecule has 0 unspecified atom stereocenters. The Morgan fingerprint density at radius 3 is 2.75 bits per heavy atom. The molecular weight excluding hydrogens is 168 g/mol. The minimum absolute atomic E-state index is 0.697. The maximum absolute atomic E-state index is 10.4. The van der Waals surface area contributed by atoms with Crippen molar-refractivity contribution in [3.63, 3.8) is 0 Å². The minimum Gasteiger partial charge on any atom is -0.298 e. The standard InChI is InChI=1S/C10H10OS/c1-3-9-6-8(7-11)4-5-10(9)12-2/h3-7H,1H2,2H3. The van der Waals surface area contributed by atoms with E-state index in [0.717, 1.165) is 16.7 Å². The number of hydrogen-bond acceptors (Lipinski definition) is 2. The van der Waals surface area contributed by atoms with E-state index in [2.05, 4.69) is 6.58 Å². The van der Waals surface area contributed by atoms with Gasteiger partial charge in [-0.1, -0.05) is 18.7 Å². The lowest BCUT2D eigenvalue weighted by atomic mass is 10.1. The summed E-state index contributed by atoms with van der Waals surface area (Å²) in [7, 11) is 0. The normalized spacial score (nSPS) is 9.42. The van der Waals surface area contributed by atoms with Crippen LogP contribution in [0.5, 0.6) is 0 Å². The van der Waals surface area contributed by atoms with Gasteiger partial charge in [0.2, 0.25) is 0 Å². The summed E-state index contributed by atoms with van der Waals surface area (Å²) in [6, 6.07) is 5.59. The molecule has 0 aliphatic rings. The predicted octanol–water partition coefficient (Wildman–Crippen LogP) is 2.86. The van der Waals surface area contributed by atoms with E-state index in [1.807, 2.05) is 24.5 Å². The van der Waals surface area contributed by atoms with Crippen molar-refractivity contribution in [1.82, 2.24) is 0 Å². The van der Waals surface area contributed by atoms with E-state index in [-0.39, 0.29) is 0 Å².